The number of halogens is 1. The molecule has 3 rings (SSSR count). The molecule has 3 N–H and O–H groups in total. The number of carbonyl (C=O) groups is 1. The van der Waals surface area contributed by atoms with Gasteiger partial charge in [0.2, 0.25) is 0 Å². The van der Waals surface area contributed by atoms with Crippen molar-refractivity contribution in [2.24, 2.45) is 10.8 Å². The molecular formula is C20H19BrN4O3S. The summed E-state index contributed by atoms with van der Waals surface area (Å²) in [6.45, 7) is 2.05. The summed E-state index contributed by atoms with van der Waals surface area (Å²) in [7, 11) is 0. The van der Waals surface area contributed by atoms with E-state index in [2.05, 4.69) is 26.0 Å². The van der Waals surface area contributed by atoms with Crippen LogP contribution in [0.25, 0.3) is 11.3 Å². The largest absolute Gasteiger partial charge is 0.490 e. The third kappa shape index (κ3) is 5.33. The van der Waals surface area contributed by atoms with Crippen molar-refractivity contribution < 1.29 is 14.3 Å². The van der Waals surface area contributed by atoms with Crippen molar-refractivity contribution in [3.05, 3.63) is 63.5 Å². The zero-order chi connectivity index (χ0) is 20.8. The maximum atomic E-state index is 11.0. The van der Waals surface area contributed by atoms with E-state index in [1.165, 1.54) is 0 Å². The fourth-order valence-electron chi connectivity index (χ4n) is 2.57. The highest BCUT2D eigenvalue weighted by atomic mass is 79.9. The van der Waals surface area contributed by atoms with Gasteiger partial charge in [-0.1, -0.05) is 30.3 Å². The van der Waals surface area contributed by atoms with Crippen molar-refractivity contribution in [1.29, 1.82) is 0 Å². The minimum absolute atomic E-state index is 0.243. The van der Waals surface area contributed by atoms with Crippen LogP contribution in [0.15, 0.2) is 58.2 Å². The van der Waals surface area contributed by atoms with Gasteiger partial charge in [0.15, 0.2) is 22.9 Å². The Kier molecular flexibility index (Phi) is 6.84. The molecule has 1 amide bonds. The molecule has 29 heavy (non-hydrogen) atoms. The van der Waals surface area contributed by atoms with E-state index in [-0.39, 0.29) is 6.61 Å². The van der Waals surface area contributed by atoms with Crippen molar-refractivity contribution in [3.63, 3.8) is 0 Å². The lowest BCUT2D eigenvalue weighted by atomic mass is 10.2. The Bertz CT molecular complexity index is 1090. The van der Waals surface area contributed by atoms with Crippen LogP contribution in [-0.4, -0.2) is 35.0 Å². The molecule has 9 heteroatoms. The topological polar surface area (TPSA) is 94.6 Å². The number of rotatable bonds is 8. The van der Waals surface area contributed by atoms with E-state index in [1.807, 2.05) is 43.5 Å². The number of nitrogens with zero attached hydrogens (tertiary/aromatic N) is 2. The summed E-state index contributed by atoms with van der Waals surface area (Å²) in [6, 6.07) is 13.4. The van der Waals surface area contributed by atoms with Crippen molar-refractivity contribution in [2.45, 2.75) is 6.92 Å². The van der Waals surface area contributed by atoms with E-state index in [4.69, 9.17) is 27.4 Å². The lowest BCUT2D eigenvalue weighted by molar-refractivity contribution is -0.119. The molecule has 0 bridgehead atoms. The van der Waals surface area contributed by atoms with Crippen molar-refractivity contribution in [1.82, 2.24) is 9.66 Å². The van der Waals surface area contributed by atoms with Crippen molar-refractivity contribution >= 4 is 40.3 Å². The van der Waals surface area contributed by atoms with Crippen molar-refractivity contribution in [2.75, 3.05) is 13.2 Å². The second kappa shape index (κ2) is 9.53. The maximum Gasteiger partial charge on any atom is 0.255 e. The van der Waals surface area contributed by atoms with E-state index >= 15 is 0 Å². The predicted molar refractivity (Wildman–Crippen MR) is 118 cm³/mol. The molecule has 0 aliphatic heterocycles. The Morgan fingerprint density at radius 1 is 1.31 bits per heavy atom. The Morgan fingerprint density at radius 2 is 2.07 bits per heavy atom. The molecule has 0 fully saturated rings. The SMILES string of the molecule is CCOc1cc(/C=N\n2cc(-c3ccccc3)[nH]c2=S)cc(Br)c1OCC(N)=O. The van der Waals surface area contributed by atoms with Gasteiger partial charge >= 0.3 is 0 Å². The summed E-state index contributed by atoms with van der Waals surface area (Å²) in [5.41, 5.74) is 7.81. The van der Waals surface area contributed by atoms with E-state index in [1.54, 1.807) is 23.0 Å². The number of hydrogen-bond donors (Lipinski definition) is 2. The Balaban J connectivity index is 1.88. The molecular weight excluding hydrogens is 456 g/mol. The first kappa shape index (κ1) is 20.8. The first-order chi connectivity index (χ1) is 14.0. The Hall–Kier alpha value is -2.91. The number of primary amides is 1. The zero-order valence-electron chi connectivity index (χ0n) is 15.6. The standard InChI is InChI=1S/C20H19BrN4O3S/c1-2-27-17-9-13(8-15(21)19(17)28-12-18(22)26)10-23-25-11-16(24-20(25)29)14-6-4-3-5-7-14/h3-11H,2,12H2,1H3,(H2,22,26)(H,24,29)/b23-10-. The highest BCUT2D eigenvalue weighted by Crippen LogP contribution is 2.36. The molecule has 0 aliphatic carbocycles. The summed E-state index contributed by atoms with van der Waals surface area (Å²) >= 11 is 8.80. The van der Waals surface area contributed by atoms with Gasteiger partial charge < -0.3 is 20.2 Å². The number of amides is 1. The van der Waals surface area contributed by atoms with Crippen LogP contribution in [0.3, 0.4) is 0 Å². The first-order valence-electron chi connectivity index (χ1n) is 8.76. The third-order valence-corrected chi connectivity index (χ3v) is 4.69. The average Bonchev–Trinajstić information content (AvgIpc) is 3.07. The quantitative estimate of drug-likeness (QED) is 0.379. The molecule has 3 aromatic rings. The smallest absolute Gasteiger partial charge is 0.255 e. The zero-order valence-corrected chi connectivity index (χ0v) is 18.0. The van der Waals surface area contributed by atoms with Crippen molar-refractivity contribution in [3.8, 4) is 22.8 Å². The Labute approximate surface area is 181 Å². The number of aromatic nitrogens is 2. The number of carbonyl (C=O) groups excluding carboxylic acids is 1. The minimum Gasteiger partial charge on any atom is -0.490 e. The number of benzene rings is 2. The molecule has 150 valence electrons. The van der Waals surface area contributed by atoms with Crippen LogP contribution < -0.4 is 15.2 Å². The number of hydrogen-bond acceptors (Lipinski definition) is 5. The van der Waals surface area contributed by atoms with E-state index in [9.17, 15) is 4.79 Å². The minimum atomic E-state index is -0.568. The molecule has 0 unspecified atom stereocenters. The molecule has 0 atom stereocenters. The molecule has 7 nitrogen and oxygen atoms in total. The van der Waals surface area contributed by atoms with Gasteiger partial charge in [-0.05, 0) is 58.3 Å². The number of aromatic amines is 1. The average molecular weight is 475 g/mol. The van der Waals surface area contributed by atoms with E-state index in [0.717, 1.165) is 16.8 Å². The summed E-state index contributed by atoms with van der Waals surface area (Å²) in [5.74, 6) is 0.320. The third-order valence-electron chi connectivity index (χ3n) is 3.81. The first-order valence-corrected chi connectivity index (χ1v) is 9.97. The number of H-pyrrole nitrogens is 1. The molecule has 0 radical (unpaired) electrons. The van der Waals surface area contributed by atoms with Gasteiger partial charge in [-0.2, -0.15) is 5.10 Å². The van der Waals surface area contributed by atoms with Gasteiger partial charge in [-0.3, -0.25) is 4.79 Å². The second-order valence-corrected chi connectivity index (χ2v) is 7.19. The van der Waals surface area contributed by atoms with Crippen LogP contribution in [-0.2, 0) is 4.79 Å². The highest BCUT2D eigenvalue weighted by Gasteiger charge is 2.13. The van der Waals surface area contributed by atoms with Crippen LogP contribution in [0.1, 0.15) is 12.5 Å². The number of imidazole rings is 1. The van der Waals surface area contributed by atoms with E-state index in [0.29, 0.717) is 27.3 Å². The van der Waals surface area contributed by atoms with Gasteiger partial charge in [0.05, 0.1) is 29.2 Å². The summed E-state index contributed by atoms with van der Waals surface area (Å²) in [6.07, 6.45) is 3.49. The van der Waals surface area contributed by atoms with Gasteiger partial charge in [0.1, 0.15) is 0 Å². The lowest BCUT2D eigenvalue weighted by Gasteiger charge is -2.13. The molecule has 0 saturated carbocycles. The molecule has 1 heterocycles. The summed E-state index contributed by atoms with van der Waals surface area (Å²) < 4.78 is 13.8. The van der Waals surface area contributed by atoms with Gasteiger partial charge in [0.25, 0.3) is 5.91 Å². The fourth-order valence-corrected chi connectivity index (χ4v) is 3.36. The van der Waals surface area contributed by atoms with Gasteiger partial charge in [0, 0.05) is 0 Å². The molecule has 0 aliphatic rings. The number of ether oxygens (including phenoxy) is 2. The predicted octanol–water partition coefficient (Wildman–Crippen LogP) is 4.12. The van der Waals surface area contributed by atoms with Crippen LogP contribution in [0.4, 0.5) is 0 Å². The molecule has 2 aromatic carbocycles. The highest BCUT2D eigenvalue weighted by molar-refractivity contribution is 9.10. The second-order valence-electron chi connectivity index (χ2n) is 5.95. The van der Waals surface area contributed by atoms with Gasteiger partial charge in [-0.15, -0.1) is 0 Å². The Morgan fingerprint density at radius 3 is 2.76 bits per heavy atom. The van der Waals surface area contributed by atoms with Crippen LogP contribution in [0.2, 0.25) is 0 Å². The summed E-state index contributed by atoms with van der Waals surface area (Å²) in [5, 5.41) is 4.43. The molecule has 0 spiro atoms. The fraction of sp³-hybridized carbons (Fsp3) is 0.150. The number of nitrogens with one attached hydrogen (secondary N) is 1. The van der Waals surface area contributed by atoms with Gasteiger partial charge in [-0.25, -0.2) is 4.68 Å². The normalized spacial score (nSPS) is 11.0. The monoisotopic (exact) mass is 474 g/mol. The summed E-state index contributed by atoms with van der Waals surface area (Å²) in [4.78, 5) is 14.2. The molecule has 0 saturated heterocycles. The van der Waals surface area contributed by atoms with Crippen LogP contribution >= 0.6 is 28.1 Å². The maximum absolute atomic E-state index is 11.0. The van der Waals surface area contributed by atoms with Crippen LogP contribution in [0.5, 0.6) is 11.5 Å². The molecule has 1 aromatic heterocycles. The van der Waals surface area contributed by atoms with Crippen LogP contribution in [0, 0.1) is 4.77 Å². The van der Waals surface area contributed by atoms with E-state index < -0.39 is 5.91 Å². The number of nitrogens with two attached hydrogens (primary N) is 1. The lowest BCUT2D eigenvalue weighted by Crippen LogP contribution is -2.20.